The number of carbonyl (C=O) groups excluding carboxylic acids is 1. The van der Waals surface area contributed by atoms with E-state index in [0.717, 1.165) is 25.9 Å². The second kappa shape index (κ2) is 5.17. The smallest absolute Gasteiger partial charge is 0.236 e. The number of rotatable bonds is 3. The first-order chi connectivity index (χ1) is 7.44. The average molecular weight is 226 g/mol. The zero-order valence-corrected chi connectivity index (χ0v) is 11.1. The van der Waals surface area contributed by atoms with Gasteiger partial charge in [0.15, 0.2) is 0 Å². The number of hydrogen-bond acceptors (Lipinski definition) is 2. The topological polar surface area (TPSA) is 46.3 Å². The van der Waals surface area contributed by atoms with Crippen molar-refractivity contribution in [3.05, 3.63) is 0 Å². The van der Waals surface area contributed by atoms with Crippen molar-refractivity contribution < 1.29 is 4.79 Å². The number of piperidine rings is 1. The number of amides is 1. The number of nitrogens with zero attached hydrogens (tertiary/aromatic N) is 1. The van der Waals surface area contributed by atoms with E-state index in [9.17, 15) is 4.79 Å². The largest absolute Gasteiger partial charge is 0.342 e. The molecule has 94 valence electrons. The first-order valence-electron chi connectivity index (χ1n) is 6.42. The lowest BCUT2D eigenvalue weighted by Crippen LogP contribution is -2.48. The van der Waals surface area contributed by atoms with Crippen molar-refractivity contribution in [2.75, 3.05) is 19.6 Å². The lowest BCUT2D eigenvalue weighted by molar-refractivity contribution is -0.133. The van der Waals surface area contributed by atoms with E-state index in [2.05, 4.69) is 27.7 Å². The molecule has 0 aliphatic carbocycles. The number of hydrogen-bond donors (Lipinski definition) is 1. The van der Waals surface area contributed by atoms with Crippen molar-refractivity contribution in [2.45, 2.75) is 40.5 Å². The van der Waals surface area contributed by atoms with Crippen molar-refractivity contribution in [2.24, 2.45) is 23.0 Å². The van der Waals surface area contributed by atoms with Gasteiger partial charge >= 0.3 is 0 Å². The fourth-order valence-corrected chi connectivity index (χ4v) is 3.12. The van der Waals surface area contributed by atoms with Crippen LogP contribution in [0.25, 0.3) is 0 Å². The summed E-state index contributed by atoms with van der Waals surface area (Å²) in [5, 5.41) is 0. The maximum Gasteiger partial charge on any atom is 0.236 e. The Morgan fingerprint density at radius 1 is 1.19 bits per heavy atom. The van der Waals surface area contributed by atoms with Crippen molar-refractivity contribution in [1.82, 2.24) is 4.90 Å². The van der Waals surface area contributed by atoms with Crippen LogP contribution in [0.3, 0.4) is 0 Å². The minimum atomic E-state index is 0.0983. The fourth-order valence-electron chi connectivity index (χ4n) is 3.12. The Morgan fingerprint density at radius 3 is 1.94 bits per heavy atom. The molecule has 1 fully saturated rings. The summed E-state index contributed by atoms with van der Waals surface area (Å²) >= 11 is 0. The monoisotopic (exact) mass is 226 g/mol. The summed E-state index contributed by atoms with van der Waals surface area (Å²) in [5.74, 6) is 1.46. The van der Waals surface area contributed by atoms with Crippen LogP contribution in [0.1, 0.15) is 40.5 Å². The normalized spacial score (nSPS) is 20.6. The zero-order chi connectivity index (χ0) is 12.3. The summed E-state index contributed by atoms with van der Waals surface area (Å²) in [4.78, 5) is 13.4. The van der Waals surface area contributed by atoms with Gasteiger partial charge in [0.25, 0.3) is 0 Å². The maximum absolute atomic E-state index is 11.5. The van der Waals surface area contributed by atoms with E-state index in [0.29, 0.717) is 17.3 Å². The zero-order valence-electron chi connectivity index (χ0n) is 11.1. The molecule has 1 rings (SSSR count). The second-order valence-corrected chi connectivity index (χ2v) is 5.63. The van der Waals surface area contributed by atoms with Crippen molar-refractivity contribution in [1.29, 1.82) is 0 Å². The molecular formula is C13H26N2O. The summed E-state index contributed by atoms with van der Waals surface area (Å²) < 4.78 is 0. The van der Waals surface area contributed by atoms with Gasteiger partial charge < -0.3 is 10.6 Å². The van der Waals surface area contributed by atoms with Gasteiger partial charge in [0.05, 0.1) is 6.54 Å². The van der Waals surface area contributed by atoms with E-state index in [1.54, 1.807) is 0 Å². The van der Waals surface area contributed by atoms with Gasteiger partial charge in [0.1, 0.15) is 0 Å². The molecule has 0 radical (unpaired) electrons. The lowest BCUT2D eigenvalue weighted by Gasteiger charge is -2.47. The minimum absolute atomic E-state index is 0.0983. The van der Waals surface area contributed by atoms with E-state index < -0.39 is 0 Å². The Kier molecular flexibility index (Phi) is 4.36. The molecule has 0 atom stereocenters. The van der Waals surface area contributed by atoms with E-state index in [-0.39, 0.29) is 12.5 Å². The SMILES string of the molecule is CC(C)C1(C(C)C)CCN(C(=O)CN)CC1. The number of carbonyl (C=O) groups is 1. The summed E-state index contributed by atoms with van der Waals surface area (Å²) in [6.07, 6.45) is 2.24. The lowest BCUT2D eigenvalue weighted by atomic mass is 9.63. The van der Waals surface area contributed by atoms with E-state index in [4.69, 9.17) is 5.73 Å². The van der Waals surface area contributed by atoms with Crippen LogP contribution in [-0.2, 0) is 4.79 Å². The Balaban J connectivity index is 2.67. The van der Waals surface area contributed by atoms with Gasteiger partial charge in [-0.05, 0) is 30.1 Å². The number of likely N-dealkylation sites (tertiary alicyclic amines) is 1. The van der Waals surface area contributed by atoms with Crippen LogP contribution in [0.5, 0.6) is 0 Å². The molecule has 1 heterocycles. The van der Waals surface area contributed by atoms with Gasteiger partial charge in [-0.2, -0.15) is 0 Å². The van der Waals surface area contributed by atoms with E-state index in [1.165, 1.54) is 0 Å². The highest BCUT2D eigenvalue weighted by atomic mass is 16.2. The predicted molar refractivity (Wildman–Crippen MR) is 67.0 cm³/mol. The summed E-state index contributed by atoms with van der Waals surface area (Å²) in [6.45, 7) is 11.1. The van der Waals surface area contributed by atoms with Crippen molar-refractivity contribution in [3.8, 4) is 0 Å². The molecule has 1 aliphatic rings. The Morgan fingerprint density at radius 2 is 1.62 bits per heavy atom. The van der Waals surface area contributed by atoms with E-state index in [1.807, 2.05) is 4.90 Å². The van der Waals surface area contributed by atoms with Gasteiger partial charge in [-0.3, -0.25) is 4.79 Å². The molecule has 0 aromatic rings. The third kappa shape index (κ3) is 2.40. The highest BCUT2D eigenvalue weighted by Gasteiger charge is 2.40. The quantitative estimate of drug-likeness (QED) is 0.798. The highest BCUT2D eigenvalue weighted by molar-refractivity contribution is 5.78. The van der Waals surface area contributed by atoms with Crippen LogP contribution >= 0.6 is 0 Å². The summed E-state index contributed by atoms with van der Waals surface area (Å²) in [7, 11) is 0. The molecule has 1 aliphatic heterocycles. The molecular weight excluding hydrogens is 200 g/mol. The molecule has 0 spiro atoms. The second-order valence-electron chi connectivity index (χ2n) is 5.63. The van der Waals surface area contributed by atoms with Crippen LogP contribution in [0, 0.1) is 17.3 Å². The van der Waals surface area contributed by atoms with Crippen LogP contribution in [0.4, 0.5) is 0 Å². The minimum Gasteiger partial charge on any atom is -0.342 e. The predicted octanol–water partition coefficient (Wildman–Crippen LogP) is 1.87. The Labute approximate surface area is 99.4 Å². The summed E-state index contributed by atoms with van der Waals surface area (Å²) in [6, 6.07) is 0. The number of nitrogens with two attached hydrogens (primary N) is 1. The van der Waals surface area contributed by atoms with Crippen LogP contribution in [0.15, 0.2) is 0 Å². The van der Waals surface area contributed by atoms with Gasteiger partial charge in [-0.1, -0.05) is 27.7 Å². The molecule has 0 aromatic carbocycles. The van der Waals surface area contributed by atoms with Crippen LogP contribution < -0.4 is 5.73 Å². The molecule has 0 bridgehead atoms. The van der Waals surface area contributed by atoms with Gasteiger partial charge in [0, 0.05) is 13.1 Å². The molecule has 0 saturated carbocycles. The van der Waals surface area contributed by atoms with E-state index >= 15 is 0 Å². The Hall–Kier alpha value is -0.570. The standard InChI is InChI=1S/C13H26N2O/c1-10(2)13(11(3)4)5-7-15(8-6-13)12(16)9-14/h10-11H,5-9,14H2,1-4H3. The molecule has 0 aromatic heterocycles. The van der Waals surface area contributed by atoms with Crippen molar-refractivity contribution in [3.63, 3.8) is 0 Å². The molecule has 3 heteroatoms. The maximum atomic E-state index is 11.5. The molecule has 1 amide bonds. The average Bonchev–Trinajstić information content (AvgIpc) is 2.27. The fraction of sp³-hybridized carbons (Fsp3) is 0.923. The molecule has 3 nitrogen and oxygen atoms in total. The highest BCUT2D eigenvalue weighted by Crippen LogP contribution is 2.44. The molecule has 2 N–H and O–H groups in total. The van der Waals surface area contributed by atoms with Gasteiger partial charge in [0.2, 0.25) is 5.91 Å². The third-order valence-corrected chi connectivity index (χ3v) is 4.52. The molecule has 16 heavy (non-hydrogen) atoms. The molecule has 1 saturated heterocycles. The van der Waals surface area contributed by atoms with Crippen LogP contribution in [-0.4, -0.2) is 30.4 Å². The van der Waals surface area contributed by atoms with Crippen LogP contribution in [0.2, 0.25) is 0 Å². The van der Waals surface area contributed by atoms with Gasteiger partial charge in [-0.25, -0.2) is 0 Å². The summed E-state index contributed by atoms with van der Waals surface area (Å²) in [5.41, 5.74) is 5.81. The Bertz CT molecular complexity index is 230. The van der Waals surface area contributed by atoms with Crippen molar-refractivity contribution >= 4 is 5.91 Å². The molecule has 0 unspecified atom stereocenters. The first kappa shape index (κ1) is 13.5. The third-order valence-electron chi connectivity index (χ3n) is 4.52. The van der Waals surface area contributed by atoms with Gasteiger partial charge in [-0.15, -0.1) is 0 Å². The first-order valence-corrected chi connectivity index (χ1v) is 6.42.